The summed E-state index contributed by atoms with van der Waals surface area (Å²) >= 11 is 0. The zero-order valence-corrected chi connectivity index (χ0v) is 11.9. The molecule has 1 unspecified atom stereocenters. The van der Waals surface area contributed by atoms with Gasteiger partial charge in [-0.15, -0.1) is 0 Å². The topological polar surface area (TPSA) is 83.2 Å². The minimum atomic E-state index is -0.00272. The third-order valence-electron chi connectivity index (χ3n) is 4.10. The van der Waals surface area contributed by atoms with Crippen LogP contribution < -0.4 is 5.32 Å². The summed E-state index contributed by atoms with van der Waals surface area (Å²) in [5, 5.41) is 16.1. The first-order valence-electron chi connectivity index (χ1n) is 7.33. The number of aromatic nitrogens is 2. The van der Waals surface area contributed by atoms with Gasteiger partial charge in [-0.2, -0.15) is 10.4 Å². The van der Waals surface area contributed by atoms with Crippen molar-refractivity contribution in [1.29, 1.82) is 5.26 Å². The number of likely N-dealkylation sites (tertiary alicyclic amines) is 1. The number of rotatable bonds is 2. The number of carbonyl (C=O) groups excluding carboxylic acids is 1. The van der Waals surface area contributed by atoms with Crippen molar-refractivity contribution in [3.63, 3.8) is 0 Å². The Kier molecular flexibility index (Phi) is 4.06. The third kappa shape index (κ3) is 3.16. The van der Waals surface area contributed by atoms with Gasteiger partial charge < -0.3 is 15.0 Å². The van der Waals surface area contributed by atoms with Crippen LogP contribution in [0.5, 0.6) is 0 Å². The van der Waals surface area contributed by atoms with E-state index in [1.165, 1.54) is 0 Å². The Bertz CT molecular complexity index is 544. The predicted octanol–water partition coefficient (Wildman–Crippen LogP) is 0.890. The monoisotopic (exact) mass is 289 g/mol. The smallest absolute Gasteiger partial charge is 0.317 e. The molecule has 2 aliphatic rings. The first kappa shape index (κ1) is 13.9. The van der Waals surface area contributed by atoms with E-state index in [0.29, 0.717) is 12.1 Å². The maximum atomic E-state index is 12.2. The van der Waals surface area contributed by atoms with E-state index >= 15 is 0 Å². The lowest BCUT2D eigenvalue weighted by molar-refractivity contribution is 0.0784. The number of hydrogen-bond donors (Lipinski definition) is 1. The Labute approximate surface area is 123 Å². The van der Waals surface area contributed by atoms with E-state index in [0.717, 1.165) is 39.0 Å². The molecule has 1 atom stereocenters. The van der Waals surface area contributed by atoms with Crippen molar-refractivity contribution in [2.75, 3.05) is 26.3 Å². The predicted molar refractivity (Wildman–Crippen MR) is 74.5 cm³/mol. The van der Waals surface area contributed by atoms with E-state index in [1.54, 1.807) is 17.1 Å². The Morgan fingerprint density at radius 3 is 2.95 bits per heavy atom. The van der Waals surface area contributed by atoms with Gasteiger partial charge in [-0.1, -0.05) is 0 Å². The van der Waals surface area contributed by atoms with Gasteiger partial charge in [-0.05, 0) is 19.3 Å². The summed E-state index contributed by atoms with van der Waals surface area (Å²) in [5.74, 6) is 0. The van der Waals surface area contributed by atoms with Crippen LogP contribution in [0.25, 0.3) is 0 Å². The second-order valence-electron chi connectivity index (χ2n) is 5.55. The molecule has 0 saturated carbocycles. The van der Waals surface area contributed by atoms with E-state index in [-0.39, 0.29) is 18.1 Å². The zero-order chi connectivity index (χ0) is 14.7. The quantitative estimate of drug-likeness (QED) is 0.876. The van der Waals surface area contributed by atoms with Crippen LogP contribution in [0.4, 0.5) is 4.79 Å². The molecule has 112 valence electrons. The number of amides is 2. The van der Waals surface area contributed by atoms with Crippen molar-refractivity contribution in [1.82, 2.24) is 20.0 Å². The largest absolute Gasteiger partial charge is 0.381 e. The number of nitrogens with one attached hydrogen (secondary N) is 1. The molecule has 2 aliphatic heterocycles. The van der Waals surface area contributed by atoms with E-state index in [4.69, 9.17) is 10.00 Å². The number of hydrogen-bond acceptors (Lipinski definition) is 4. The van der Waals surface area contributed by atoms with Crippen LogP contribution in [-0.4, -0.2) is 53.1 Å². The summed E-state index contributed by atoms with van der Waals surface area (Å²) in [6, 6.07) is 2.45. The highest BCUT2D eigenvalue weighted by atomic mass is 16.5. The zero-order valence-electron chi connectivity index (χ0n) is 11.9. The Balaban J connectivity index is 1.53. The Morgan fingerprint density at radius 1 is 1.43 bits per heavy atom. The molecule has 2 saturated heterocycles. The molecule has 21 heavy (non-hydrogen) atoms. The van der Waals surface area contributed by atoms with Crippen LogP contribution in [0.3, 0.4) is 0 Å². The minimum absolute atomic E-state index is 0.00272. The maximum absolute atomic E-state index is 12.2. The number of nitriles is 1. The Morgan fingerprint density at radius 2 is 2.24 bits per heavy atom. The first-order chi connectivity index (χ1) is 10.3. The van der Waals surface area contributed by atoms with E-state index in [9.17, 15) is 4.79 Å². The van der Waals surface area contributed by atoms with Gasteiger partial charge in [0.25, 0.3) is 0 Å². The summed E-state index contributed by atoms with van der Waals surface area (Å²) in [5.41, 5.74) is 0.556. The van der Waals surface area contributed by atoms with E-state index < -0.39 is 0 Å². The molecule has 3 rings (SSSR count). The molecular formula is C14H19N5O2. The summed E-state index contributed by atoms with van der Waals surface area (Å²) in [4.78, 5) is 14.1. The second kappa shape index (κ2) is 6.14. The molecule has 3 heterocycles. The fraction of sp³-hybridized carbons (Fsp3) is 0.643. The molecule has 0 aromatic carbocycles. The van der Waals surface area contributed by atoms with Crippen molar-refractivity contribution in [2.45, 2.75) is 31.3 Å². The highest BCUT2D eigenvalue weighted by molar-refractivity contribution is 5.74. The van der Waals surface area contributed by atoms with Gasteiger partial charge in [0.05, 0.1) is 17.8 Å². The van der Waals surface area contributed by atoms with Gasteiger partial charge in [0.2, 0.25) is 0 Å². The highest BCUT2D eigenvalue weighted by Gasteiger charge is 2.29. The molecule has 0 bridgehead atoms. The summed E-state index contributed by atoms with van der Waals surface area (Å²) in [7, 11) is 0. The average molecular weight is 289 g/mol. The summed E-state index contributed by atoms with van der Waals surface area (Å²) in [6.07, 6.45) is 5.93. The van der Waals surface area contributed by atoms with Crippen LogP contribution in [0.1, 0.15) is 30.9 Å². The molecule has 1 N–H and O–H groups in total. The van der Waals surface area contributed by atoms with Crippen LogP contribution in [0.15, 0.2) is 12.4 Å². The lowest BCUT2D eigenvalue weighted by Crippen LogP contribution is -2.45. The molecule has 2 fully saturated rings. The van der Waals surface area contributed by atoms with Crippen molar-refractivity contribution in [3.05, 3.63) is 18.0 Å². The molecule has 0 spiro atoms. The van der Waals surface area contributed by atoms with Crippen molar-refractivity contribution in [3.8, 4) is 6.07 Å². The molecule has 0 aliphatic carbocycles. The normalized spacial score (nSPS) is 23.0. The standard InChI is InChI=1S/C14H19N5O2/c15-7-11-8-16-19(9-11)13-1-4-18(10-13)14(20)17-12-2-5-21-6-3-12/h8-9,12-13H,1-6,10H2,(H,17,20). The molecule has 0 radical (unpaired) electrons. The van der Waals surface area contributed by atoms with E-state index in [1.807, 2.05) is 4.90 Å². The van der Waals surface area contributed by atoms with Crippen molar-refractivity contribution < 1.29 is 9.53 Å². The molecule has 2 amide bonds. The van der Waals surface area contributed by atoms with Crippen LogP contribution >= 0.6 is 0 Å². The molecular weight excluding hydrogens is 270 g/mol. The minimum Gasteiger partial charge on any atom is -0.381 e. The van der Waals surface area contributed by atoms with Crippen LogP contribution in [0.2, 0.25) is 0 Å². The highest BCUT2D eigenvalue weighted by Crippen LogP contribution is 2.21. The summed E-state index contributed by atoms with van der Waals surface area (Å²) < 4.78 is 7.08. The van der Waals surface area contributed by atoms with Gasteiger partial charge in [-0.25, -0.2) is 4.79 Å². The molecule has 1 aromatic heterocycles. The van der Waals surface area contributed by atoms with Crippen molar-refractivity contribution in [2.24, 2.45) is 0 Å². The number of nitrogens with zero attached hydrogens (tertiary/aromatic N) is 4. The van der Waals surface area contributed by atoms with Crippen LogP contribution in [-0.2, 0) is 4.74 Å². The third-order valence-corrected chi connectivity index (χ3v) is 4.10. The van der Waals surface area contributed by atoms with Gasteiger partial charge in [0.15, 0.2) is 0 Å². The lowest BCUT2D eigenvalue weighted by atomic mass is 10.1. The number of ether oxygens (including phenoxy) is 1. The fourth-order valence-corrected chi connectivity index (χ4v) is 2.85. The van der Waals surface area contributed by atoms with E-state index in [2.05, 4.69) is 16.5 Å². The van der Waals surface area contributed by atoms with Gasteiger partial charge >= 0.3 is 6.03 Å². The van der Waals surface area contributed by atoms with Gasteiger partial charge in [0.1, 0.15) is 6.07 Å². The molecule has 1 aromatic rings. The summed E-state index contributed by atoms with van der Waals surface area (Å²) in [6.45, 7) is 2.80. The van der Waals surface area contributed by atoms with Gasteiger partial charge in [0, 0.05) is 38.5 Å². The second-order valence-corrected chi connectivity index (χ2v) is 5.55. The SMILES string of the molecule is N#Cc1cnn(C2CCN(C(=O)NC3CCOCC3)C2)c1. The van der Waals surface area contributed by atoms with Gasteiger partial charge in [-0.3, -0.25) is 4.68 Å². The first-order valence-corrected chi connectivity index (χ1v) is 7.33. The Hall–Kier alpha value is -2.07. The van der Waals surface area contributed by atoms with Crippen molar-refractivity contribution >= 4 is 6.03 Å². The number of carbonyl (C=O) groups is 1. The maximum Gasteiger partial charge on any atom is 0.317 e. The molecule has 7 heteroatoms. The number of urea groups is 1. The fourth-order valence-electron chi connectivity index (χ4n) is 2.85. The molecule has 7 nitrogen and oxygen atoms in total. The lowest BCUT2D eigenvalue weighted by Gasteiger charge is -2.26. The van der Waals surface area contributed by atoms with Crippen LogP contribution in [0, 0.1) is 11.3 Å². The average Bonchev–Trinajstić information content (AvgIpc) is 3.17.